The highest BCUT2D eigenvalue weighted by atomic mass is 16.6. The summed E-state index contributed by atoms with van der Waals surface area (Å²) in [4.78, 5) is 10.5. The second kappa shape index (κ2) is 5.23. The maximum absolute atomic E-state index is 10.9. The highest BCUT2D eigenvalue weighted by Crippen LogP contribution is 2.49. The molecular weight excluding hydrogens is 288 g/mol. The van der Waals surface area contributed by atoms with Gasteiger partial charge in [-0.3, -0.25) is 10.1 Å². The van der Waals surface area contributed by atoms with E-state index in [4.69, 9.17) is 0 Å². The van der Waals surface area contributed by atoms with E-state index in [1.807, 2.05) is 12.1 Å². The highest BCUT2D eigenvalue weighted by Gasteiger charge is 2.37. The number of hydrogen-bond donors (Lipinski definition) is 1. The summed E-state index contributed by atoms with van der Waals surface area (Å²) < 4.78 is 0. The second-order valence-corrected chi connectivity index (χ2v) is 6.41. The van der Waals surface area contributed by atoms with Gasteiger partial charge in [-0.25, -0.2) is 0 Å². The number of fused-ring (bicyclic) bond motifs is 3. The number of allylic oxidation sites excluding steroid dienone is 2. The first-order chi connectivity index (χ1) is 11.1. The third kappa shape index (κ3) is 2.31. The average molecular weight is 306 g/mol. The molecule has 0 aromatic heterocycles. The zero-order valence-electron chi connectivity index (χ0n) is 12.9. The first-order valence-electron chi connectivity index (χ1n) is 7.91. The Kier molecular flexibility index (Phi) is 3.18. The van der Waals surface area contributed by atoms with Crippen molar-refractivity contribution < 1.29 is 4.92 Å². The van der Waals surface area contributed by atoms with Crippen LogP contribution in [0.15, 0.2) is 54.6 Å². The molecule has 3 atom stereocenters. The number of nitro groups is 1. The van der Waals surface area contributed by atoms with E-state index in [0.29, 0.717) is 11.8 Å². The van der Waals surface area contributed by atoms with E-state index in [1.54, 1.807) is 12.1 Å². The van der Waals surface area contributed by atoms with Crippen molar-refractivity contribution in [3.63, 3.8) is 0 Å². The quantitative estimate of drug-likeness (QED) is 0.496. The highest BCUT2D eigenvalue weighted by molar-refractivity contribution is 5.61. The van der Waals surface area contributed by atoms with Crippen molar-refractivity contribution in [2.75, 3.05) is 5.32 Å². The van der Waals surface area contributed by atoms with Crippen molar-refractivity contribution in [1.29, 1.82) is 0 Å². The normalized spacial score (nSPS) is 24.7. The summed E-state index contributed by atoms with van der Waals surface area (Å²) in [6.07, 6.45) is 5.59. The van der Waals surface area contributed by atoms with Crippen LogP contribution in [0.2, 0.25) is 0 Å². The van der Waals surface area contributed by atoms with Gasteiger partial charge in [0.15, 0.2) is 0 Å². The summed E-state index contributed by atoms with van der Waals surface area (Å²) in [5.41, 5.74) is 5.02. The standard InChI is InChI=1S/C19H18N2O2/c1-12-5-10-16-15-3-2-4-17(15)19(20-18(16)11-12)13-6-8-14(9-7-13)21(22)23/h2-3,5-11,15,17,19-20H,4H2,1H3/t15-,17-,19+/m0/s1. The van der Waals surface area contributed by atoms with Crippen LogP contribution in [0.4, 0.5) is 11.4 Å². The fourth-order valence-corrected chi connectivity index (χ4v) is 3.84. The molecule has 0 spiro atoms. The van der Waals surface area contributed by atoms with Gasteiger partial charge in [0.1, 0.15) is 0 Å². The molecule has 23 heavy (non-hydrogen) atoms. The summed E-state index contributed by atoms with van der Waals surface area (Å²) >= 11 is 0. The van der Waals surface area contributed by atoms with E-state index in [0.717, 1.165) is 12.0 Å². The Hall–Kier alpha value is -2.62. The van der Waals surface area contributed by atoms with Crippen molar-refractivity contribution in [3.8, 4) is 0 Å². The summed E-state index contributed by atoms with van der Waals surface area (Å²) in [7, 11) is 0. The van der Waals surface area contributed by atoms with Gasteiger partial charge < -0.3 is 5.32 Å². The summed E-state index contributed by atoms with van der Waals surface area (Å²) in [5.74, 6) is 0.888. The van der Waals surface area contributed by atoms with Crippen LogP contribution in [0, 0.1) is 23.0 Å². The number of nitrogens with zero attached hydrogens (tertiary/aromatic N) is 1. The lowest BCUT2D eigenvalue weighted by Crippen LogP contribution is -2.29. The van der Waals surface area contributed by atoms with Gasteiger partial charge >= 0.3 is 0 Å². The molecule has 0 saturated heterocycles. The Bertz CT molecular complexity index is 796. The number of aryl methyl sites for hydroxylation is 1. The molecule has 2 aromatic rings. The van der Waals surface area contributed by atoms with E-state index >= 15 is 0 Å². The lowest BCUT2D eigenvalue weighted by atomic mass is 9.77. The smallest absolute Gasteiger partial charge is 0.269 e. The lowest BCUT2D eigenvalue weighted by Gasteiger charge is -2.37. The number of hydrogen-bond acceptors (Lipinski definition) is 3. The Morgan fingerprint density at radius 3 is 2.70 bits per heavy atom. The molecule has 0 fully saturated rings. The van der Waals surface area contributed by atoms with Crippen molar-refractivity contribution in [1.82, 2.24) is 0 Å². The molecule has 0 saturated carbocycles. The average Bonchev–Trinajstić information content (AvgIpc) is 3.03. The topological polar surface area (TPSA) is 55.2 Å². The zero-order valence-corrected chi connectivity index (χ0v) is 12.9. The number of non-ortho nitro benzene ring substituents is 1. The van der Waals surface area contributed by atoms with E-state index in [-0.39, 0.29) is 16.7 Å². The van der Waals surface area contributed by atoms with Crippen molar-refractivity contribution in [3.05, 3.63) is 81.4 Å². The van der Waals surface area contributed by atoms with Gasteiger partial charge in [-0.05, 0) is 42.0 Å². The predicted octanol–water partition coefficient (Wildman–Crippen LogP) is 4.73. The molecule has 1 N–H and O–H groups in total. The van der Waals surface area contributed by atoms with Gasteiger partial charge in [0.2, 0.25) is 0 Å². The van der Waals surface area contributed by atoms with Crippen molar-refractivity contribution in [2.45, 2.75) is 25.3 Å². The molecule has 4 nitrogen and oxygen atoms in total. The van der Waals surface area contributed by atoms with Crippen LogP contribution >= 0.6 is 0 Å². The molecule has 116 valence electrons. The summed E-state index contributed by atoms with van der Waals surface area (Å²) in [6.45, 7) is 2.10. The lowest BCUT2D eigenvalue weighted by molar-refractivity contribution is -0.384. The first kappa shape index (κ1) is 14.0. The molecule has 1 aliphatic carbocycles. The van der Waals surface area contributed by atoms with Crippen LogP contribution in [-0.4, -0.2) is 4.92 Å². The van der Waals surface area contributed by atoms with Crippen LogP contribution in [0.5, 0.6) is 0 Å². The van der Waals surface area contributed by atoms with E-state index in [9.17, 15) is 10.1 Å². The van der Waals surface area contributed by atoms with Gasteiger partial charge in [0.05, 0.1) is 11.0 Å². The number of nitro benzene ring substituents is 1. The summed E-state index contributed by atoms with van der Waals surface area (Å²) in [6, 6.07) is 13.7. The van der Waals surface area contributed by atoms with Crippen LogP contribution in [-0.2, 0) is 0 Å². The Morgan fingerprint density at radius 2 is 1.96 bits per heavy atom. The second-order valence-electron chi connectivity index (χ2n) is 6.41. The molecule has 2 aromatic carbocycles. The van der Waals surface area contributed by atoms with Crippen molar-refractivity contribution in [2.24, 2.45) is 5.92 Å². The molecule has 4 rings (SSSR count). The number of nitrogens with one attached hydrogen (secondary N) is 1. The molecule has 1 heterocycles. The molecule has 0 radical (unpaired) electrons. The predicted molar refractivity (Wildman–Crippen MR) is 90.6 cm³/mol. The molecule has 0 unspecified atom stereocenters. The Morgan fingerprint density at radius 1 is 1.17 bits per heavy atom. The molecule has 0 bridgehead atoms. The molecule has 4 heteroatoms. The van der Waals surface area contributed by atoms with Crippen LogP contribution < -0.4 is 5.32 Å². The van der Waals surface area contributed by atoms with E-state index in [1.165, 1.54) is 16.8 Å². The third-order valence-electron chi connectivity index (χ3n) is 4.98. The fraction of sp³-hybridized carbons (Fsp3) is 0.263. The molecule has 1 aliphatic heterocycles. The zero-order chi connectivity index (χ0) is 16.0. The molecule has 2 aliphatic rings. The summed E-state index contributed by atoms with van der Waals surface area (Å²) in [5, 5.41) is 14.5. The number of rotatable bonds is 2. The van der Waals surface area contributed by atoms with E-state index < -0.39 is 0 Å². The minimum absolute atomic E-state index is 0.141. The largest absolute Gasteiger partial charge is 0.378 e. The minimum atomic E-state index is -0.351. The maximum Gasteiger partial charge on any atom is 0.269 e. The fourth-order valence-electron chi connectivity index (χ4n) is 3.84. The Labute approximate surface area is 135 Å². The minimum Gasteiger partial charge on any atom is -0.378 e. The van der Waals surface area contributed by atoms with Gasteiger partial charge in [0, 0.05) is 23.7 Å². The SMILES string of the molecule is Cc1ccc2c(c1)N[C@H](c1ccc([N+](=O)[O-])cc1)[C@H]1CC=C[C@@H]21. The van der Waals surface area contributed by atoms with Crippen LogP contribution in [0.3, 0.4) is 0 Å². The van der Waals surface area contributed by atoms with Crippen LogP contribution in [0.1, 0.15) is 35.1 Å². The Balaban J connectivity index is 1.73. The van der Waals surface area contributed by atoms with Gasteiger partial charge in [-0.2, -0.15) is 0 Å². The molecular formula is C19H18N2O2. The van der Waals surface area contributed by atoms with Gasteiger partial charge in [-0.1, -0.05) is 36.4 Å². The first-order valence-corrected chi connectivity index (χ1v) is 7.91. The monoisotopic (exact) mass is 306 g/mol. The molecule has 0 amide bonds. The third-order valence-corrected chi connectivity index (χ3v) is 4.98. The number of benzene rings is 2. The van der Waals surface area contributed by atoms with Crippen molar-refractivity contribution >= 4 is 11.4 Å². The van der Waals surface area contributed by atoms with Crippen LogP contribution in [0.25, 0.3) is 0 Å². The van der Waals surface area contributed by atoms with Gasteiger partial charge in [-0.15, -0.1) is 0 Å². The maximum atomic E-state index is 10.9. The number of anilines is 1. The van der Waals surface area contributed by atoms with E-state index in [2.05, 4.69) is 42.6 Å². The van der Waals surface area contributed by atoms with Gasteiger partial charge in [0.25, 0.3) is 5.69 Å².